The van der Waals surface area contributed by atoms with Gasteiger partial charge in [-0.1, -0.05) is 25.5 Å². The van der Waals surface area contributed by atoms with Crippen LogP contribution in [0.5, 0.6) is 0 Å². The van der Waals surface area contributed by atoms with Crippen LogP contribution in [0.3, 0.4) is 0 Å². The van der Waals surface area contributed by atoms with Crippen molar-refractivity contribution in [2.75, 3.05) is 30.4 Å². The van der Waals surface area contributed by atoms with Crippen molar-refractivity contribution in [3.05, 3.63) is 40.4 Å². The number of carbonyl (C=O) groups is 4. The normalized spacial score (nSPS) is 17.6. The standard InChI is InChI=1S/C22H24N4O5S/c1-3-7-16-18(21(30)31-2)24-22(32-16)23-17(27)12-26-14-9-5-4-8-13(14)19(28)25-11-6-10-15(25)20(26)29/h4-5,8-9,15H,3,6-7,10-12H2,1-2H3,(H,23,24,27)/t15-/m0/s1. The largest absolute Gasteiger partial charge is 0.464 e. The van der Waals surface area contributed by atoms with Crippen LogP contribution in [0.1, 0.15) is 51.9 Å². The number of methoxy groups -OCH3 is 1. The van der Waals surface area contributed by atoms with Crippen LogP contribution in [0.4, 0.5) is 10.8 Å². The Labute approximate surface area is 189 Å². The number of hydrogen-bond donors (Lipinski definition) is 1. The van der Waals surface area contributed by atoms with Gasteiger partial charge in [-0.2, -0.15) is 0 Å². The molecule has 168 valence electrons. The van der Waals surface area contributed by atoms with Crippen LogP contribution < -0.4 is 10.2 Å². The maximum absolute atomic E-state index is 13.3. The number of aromatic nitrogens is 1. The van der Waals surface area contributed by atoms with E-state index in [-0.39, 0.29) is 29.2 Å². The smallest absolute Gasteiger partial charge is 0.357 e. The molecule has 0 aliphatic carbocycles. The maximum atomic E-state index is 13.3. The zero-order valence-electron chi connectivity index (χ0n) is 17.9. The summed E-state index contributed by atoms with van der Waals surface area (Å²) in [5.74, 6) is -1.47. The molecule has 1 aromatic heterocycles. The molecule has 0 spiro atoms. The molecule has 0 radical (unpaired) electrons. The number of hydrogen-bond acceptors (Lipinski definition) is 7. The van der Waals surface area contributed by atoms with E-state index >= 15 is 0 Å². The topological polar surface area (TPSA) is 109 Å². The van der Waals surface area contributed by atoms with Gasteiger partial charge in [0.1, 0.15) is 12.6 Å². The number of fused-ring (bicyclic) bond motifs is 2. The number of nitrogens with zero attached hydrogens (tertiary/aromatic N) is 3. The first kappa shape index (κ1) is 21.9. The van der Waals surface area contributed by atoms with Gasteiger partial charge in [0.15, 0.2) is 10.8 Å². The molecule has 2 aliphatic rings. The number of para-hydroxylation sites is 1. The lowest BCUT2D eigenvalue weighted by molar-refractivity contribution is -0.124. The van der Waals surface area contributed by atoms with Gasteiger partial charge < -0.3 is 19.9 Å². The zero-order valence-corrected chi connectivity index (χ0v) is 18.7. The van der Waals surface area contributed by atoms with E-state index in [1.807, 2.05) is 6.92 Å². The monoisotopic (exact) mass is 456 g/mol. The van der Waals surface area contributed by atoms with E-state index in [1.54, 1.807) is 29.2 Å². The van der Waals surface area contributed by atoms with Crippen molar-refractivity contribution >= 4 is 45.8 Å². The highest BCUT2D eigenvalue weighted by atomic mass is 32.1. The lowest BCUT2D eigenvalue weighted by Gasteiger charge is -2.25. The van der Waals surface area contributed by atoms with Crippen LogP contribution in [0.15, 0.2) is 24.3 Å². The first-order valence-electron chi connectivity index (χ1n) is 10.5. The maximum Gasteiger partial charge on any atom is 0.357 e. The Morgan fingerprint density at radius 1 is 1.28 bits per heavy atom. The zero-order chi connectivity index (χ0) is 22.8. The molecule has 1 saturated heterocycles. The van der Waals surface area contributed by atoms with E-state index in [4.69, 9.17) is 4.74 Å². The molecular weight excluding hydrogens is 432 g/mol. The molecule has 2 aliphatic heterocycles. The molecule has 1 atom stereocenters. The van der Waals surface area contributed by atoms with E-state index in [0.717, 1.165) is 17.7 Å². The van der Waals surface area contributed by atoms with Crippen molar-refractivity contribution in [2.24, 2.45) is 0 Å². The molecule has 32 heavy (non-hydrogen) atoms. The van der Waals surface area contributed by atoms with Gasteiger partial charge in [-0.25, -0.2) is 9.78 Å². The van der Waals surface area contributed by atoms with Gasteiger partial charge in [-0.15, -0.1) is 11.3 Å². The molecule has 1 aromatic carbocycles. The third kappa shape index (κ3) is 3.97. The second kappa shape index (κ2) is 9.07. The molecule has 9 nitrogen and oxygen atoms in total. The van der Waals surface area contributed by atoms with Crippen molar-refractivity contribution in [1.82, 2.24) is 9.88 Å². The Kier molecular flexibility index (Phi) is 6.22. The highest BCUT2D eigenvalue weighted by Gasteiger charge is 2.42. The Balaban J connectivity index is 1.59. The number of ether oxygens (including phenoxy) is 1. The van der Waals surface area contributed by atoms with Gasteiger partial charge in [-0.3, -0.25) is 14.4 Å². The number of benzene rings is 1. The van der Waals surface area contributed by atoms with E-state index < -0.39 is 17.9 Å². The summed E-state index contributed by atoms with van der Waals surface area (Å²) in [6.07, 6.45) is 2.77. The number of esters is 1. The highest BCUT2D eigenvalue weighted by Crippen LogP contribution is 2.32. The molecule has 4 rings (SSSR count). The summed E-state index contributed by atoms with van der Waals surface area (Å²) in [7, 11) is 1.28. The van der Waals surface area contributed by atoms with Gasteiger partial charge in [-0.05, 0) is 31.4 Å². The van der Waals surface area contributed by atoms with E-state index in [9.17, 15) is 19.2 Å². The number of nitrogens with one attached hydrogen (secondary N) is 1. The number of carbonyl (C=O) groups excluding carboxylic acids is 4. The summed E-state index contributed by atoms with van der Waals surface area (Å²) >= 11 is 1.21. The lowest BCUT2D eigenvalue weighted by atomic mass is 10.1. The first-order valence-corrected chi connectivity index (χ1v) is 11.4. The Morgan fingerprint density at radius 2 is 2.06 bits per heavy atom. The van der Waals surface area contributed by atoms with Crippen LogP contribution in [0.25, 0.3) is 0 Å². The molecule has 3 heterocycles. The highest BCUT2D eigenvalue weighted by molar-refractivity contribution is 7.16. The minimum atomic E-state index is -0.565. The predicted molar refractivity (Wildman–Crippen MR) is 119 cm³/mol. The lowest BCUT2D eigenvalue weighted by Crippen LogP contribution is -2.47. The Hall–Kier alpha value is -3.27. The van der Waals surface area contributed by atoms with E-state index in [1.165, 1.54) is 23.3 Å². The van der Waals surface area contributed by atoms with Crippen LogP contribution in [-0.2, 0) is 20.7 Å². The van der Waals surface area contributed by atoms with E-state index in [2.05, 4.69) is 10.3 Å². The summed E-state index contributed by atoms with van der Waals surface area (Å²) < 4.78 is 4.78. The number of thiazole rings is 1. The Morgan fingerprint density at radius 3 is 2.81 bits per heavy atom. The molecule has 10 heteroatoms. The van der Waals surface area contributed by atoms with Crippen molar-refractivity contribution in [2.45, 2.75) is 38.6 Å². The Bertz CT molecular complexity index is 1080. The van der Waals surface area contributed by atoms with Gasteiger partial charge in [0.05, 0.1) is 18.4 Å². The minimum Gasteiger partial charge on any atom is -0.464 e. The second-order valence-corrected chi connectivity index (χ2v) is 8.76. The minimum absolute atomic E-state index is 0.189. The van der Waals surface area contributed by atoms with Crippen LogP contribution in [-0.4, -0.2) is 59.8 Å². The average molecular weight is 457 g/mol. The van der Waals surface area contributed by atoms with Crippen molar-refractivity contribution in [3.8, 4) is 0 Å². The fourth-order valence-corrected chi connectivity index (χ4v) is 5.20. The molecule has 0 unspecified atom stereocenters. The molecule has 1 N–H and O–H groups in total. The molecular formula is C22H24N4O5S. The fraction of sp³-hybridized carbons (Fsp3) is 0.409. The summed E-state index contributed by atoms with van der Waals surface area (Å²) in [4.78, 5) is 59.1. The van der Waals surface area contributed by atoms with Crippen LogP contribution >= 0.6 is 11.3 Å². The van der Waals surface area contributed by atoms with E-state index in [0.29, 0.717) is 30.6 Å². The first-order chi connectivity index (χ1) is 15.4. The number of aryl methyl sites for hydroxylation is 1. The summed E-state index contributed by atoms with van der Waals surface area (Å²) in [6.45, 7) is 2.25. The molecule has 3 amide bonds. The fourth-order valence-electron chi connectivity index (χ4n) is 4.13. The van der Waals surface area contributed by atoms with Gasteiger partial charge in [0.25, 0.3) is 5.91 Å². The number of rotatable bonds is 6. The van der Waals surface area contributed by atoms with Crippen molar-refractivity contribution in [1.29, 1.82) is 0 Å². The quantitative estimate of drug-likeness (QED) is 0.669. The molecule has 2 aromatic rings. The summed E-state index contributed by atoms with van der Waals surface area (Å²) in [6, 6.07) is 6.27. The predicted octanol–water partition coefficient (Wildman–Crippen LogP) is 2.47. The second-order valence-electron chi connectivity index (χ2n) is 7.68. The summed E-state index contributed by atoms with van der Waals surface area (Å²) in [5, 5.41) is 2.97. The molecule has 1 fully saturated rings. The average Bonchev–Trinajstić information content (AvgIpc) is 3.42. The third-order valence-corrected chi connectivity index (χ3v) is 6.62. The number of anilines is 2. The summed E-state index contributed by atoms with van der Waals surface area (Å²) in [5.41, 5.74) is 1.02. The van der Waals surface area contributed by atoms with Crippen molar-refractivity contribution in [3.63, 3.8) is 0 Å². The SMILES string of the molecule is CCCc1sc(NC(=O)CN2C(=O)[C@@H]3CCCN3C(=O)c3ccccc32)nc1C(=O)OC. The molecule has 0 bridgehead atoms. The van der Waals surface area contributed by atoms with Crippen LogP contribution in [0.2, 0.25) is 0 Å². The van der Waals surface area contributed by atoms with Crippen LogP contribution in [0, 0.1) is 0 Å². The van der Waals surface area contributed by atoms with Crippen molar-refractivity contribution < 1.29 is 23.9 Å². The third-order valence-electron chi connectivity index (χ3n) is 5.59. The van der Waals surface area contributed by atoms with Gasteiger partial charge in [0, 0.05) is 11.4 Å². The molecule has 0 saturated carbocycles. The van der Waals surface area contributed by atoms with Gasteiger partial charge in [0.2, 0.25) is 11.8 Å². The number of amides is 3. The van der Waals surface area contributed by atoms with Gasteiger partial charge >= 0.3 is 5.97 Å².